The van der Waals surface area contributed by atoms with E-state index in [0.717, 1.165) is 18.7 Å². The van der Waals surface area contributed by atoms with Crippen LogP contribution in [-0.2, 0) is 6.42 Å². The second-order valence-corrected chi connectivity index (χ2v) is 4.31. The highest BCUT2D eigenvalue weighted by Gasteiger charge is 2.11. The lowest BCUT2D eigenvalue weighted by Crippen LogP contribution is -2.05. The molecule has 2 N–H and O–H groups in total. The van der Waals surface area contributed by atoms with Gasteiger partial charge in [-0.15, -0.1) is 0 Å². The maximum absolute atomic E-state index is 5.40. The fraction of sp³-hybridized carbons (Fsp3) is 0.333. The van der Waals surface area contributed by atoms with Crippen LogP contribution >= 0.6 is 0 Å². The molecule has 0 bridgehead atoms. The van der Waals surface area contributed by atoms with Crippen LogP contribution in [0.25, 0.3) is 0 Å². The molecule has 2 rings (SSSR count). The molecular weight excluding hydrogens is 252 g/mol. The molecule has 5 heteroatoms. The molecule has 0 saturated heterocycles. The van der Waals surface area contributed by atoms with Crippen molar-refractivity contribution in [3.05, 3.63) is 36.2 Å². The fourth-order valence-corrected chi connectivity index (χ4v) is 1.91. The molecule has 0 amide bonds. The first kappa shape index (κ1) is 14.1. The first-order valence-electron chi connectivity index (χ1n) is 6.77. The Bertz CT molecular complexity index is 554. The molecule has 0 atom stereocenters. The largest absolute Gasteiger partial charge is 0.490 e. The van der Waals surface area contributed by atoms with Gasteiger partial charge >= 0.3 is 0 Å². The van der Waals surface area contributed by atoms with Gasteiger partial charge in [-0.05, 0) is 31.0 Å². The topological polar surface area (TPSA) is 59.1 Å². The summed E-state index contributed by atoms with van der Waals surface area (Å²) in [5.41, 5.74) is 2.28. The molecule has 0 fully saturated rings. The van der Waals surface area contributed by atoms with Gasteiger partial charge in [-0.3, -0.25) is 0 Å². The Hall–Kier alpha value is -2.30. The molecule has 2 aromatic rings. The molecule has 0 aliphatic carbocycles. The number of benzene rings is 1. The summed E-state index contributed by atoms with van der Waals surface area (Å²) in [7, 11) is 1.62. The molecule has 0 saturated carbocycles. The van der Waals surface area contributed by atoms with Crippen LogP contribution < -0.4 is 15.4 Å². The van der Waals surface area contributed by atoms with Gasteiger partial charge in [0.05, 0.1) is 7.11 Å². The Balaban J connectivity index is 2.25. The minimum absolute atomic E-state index is 0.619. The molecule has 1 aromatic heterocycles. The molecule has 106 valence electrons. The van der Waals surface area contributed by atoms with Gasteiger partial charge < -0.3 is 15.4 Å². The van der Waals surface area contributed by atoms with Gasteiger partial charge in [0.15, 0.2) is 11.6 Å². The highest BCUT2D eigenvalue weighted by molar-refractivity contribution is 5.69. The van der Waals surface area contributed by atoms with Crippen LogP contribution in [0.4, 0.5) is 17.3 Å². The molecule has 0 aliphatic rings. The van der Waals surface area contributed by atoms with E-state index in [0.29, 0.717) is 17.4 Å². The number of aromatic nitrogens is 2. The number of hydrogen-bond donors (Lipinski definition) is 2. The molecular formula is C15H20N4O. The number of ether oxygens (including phenoxy) is 1. The number of nitrogens with zero attached hydrogens (tertiary/aromatic N) is 2. The number of methoxy groups -OCH3 is 1. The molecule has 0 spiro atoms. The van der Waals surface area contributed by atoms with E-state index < -0.39 is 0 Å². The predicted octanol–water partition coefficient (Wildman–Crippen LogP) is 3.22. The van der Waals surface area contributed by atoms with Crippen LogP contribution in [0.2, 0.25) is 0 Å². The van der Waals surface area contributed by atoms with Crippen molar-refractivity contribution in [3.8, 4) is 5.75 Å². The normalized spacial score (nSPS) is 10.2. The van der Waals surface area contributed by atoms with Crippen molar-refractivity contribution in [2.45, 2.75) is 20.3 Å². The predicted molar refractivity (Wildman–Crippen MR) is 81.9 cm³/mol. The van der Waals surface area contributed by atoms with E-state index in [1.54, 1.807) is 7.11 Å². The van der Waals surface area contributed by atoms with E-state index >= 15 is 0 Å². The van der Waals surface area contributed by atoms with Gasteiger partial charge in [0.2, 0.25) is 5.75 Å². The van der Waals surface area contributed by atoms with Gasteiger partial charge in [-0.25, -0.2) is 9.97 Å². The second kappa shape index (κ2) is 6.75. The summed E-state index contributed by atoms with van der Waals surface area (Å²) in [6.45, 7) is 4.93. The summed E-state index contributed by atoms with van der Waals surface area (Å²) in [4.78, 5) is 8.42. The first-order chi connectivity index (χ1) is 9.78. The van der Waals surface area contributed by atoms with Crippen molar-refractivity contribution in [1.29, 1.82) is 0 Å². The van der Waals surface area contributed by atoms with E-state index in [1.165, 1.54) is 11.9 Å². The van der Waals surface area contributed by atoms with Crippen LogP contribution in [0.5, 0.6) is 5.75 Å². The molecule has 0 aliphatic heterocycles. The number of nitrogens with one attached hydrogen (secondary N) is 2. The quantitative estimate of drug-likeness (QED) is 0.845. The molecule has 1 aromatic carbocycles. The summed E-state index contributed by atoms with van der Waals surface area (Å²) in [6, 6.07) is 8.27. The number of aryl methyl sites for hydroxylation is 1. The summed E-state index contributed by atoms with van der Waals surface area (Å²) in [6.07, 6.45) is 2.55. The molecule has 20 heavy (non-hydrogen) atoms. The number of hydrogen-bond acceptors (Lipinski definition) is 5. The van der Waals surface area contributed by atoms with Gasteiger partial charge in [-0.2, -0.15) is 0 Å². The third-order valence-electron chi connectivity index (χ3n) is 2.98. The minimum Gasteiger partial charge on any atom is -0.490 e. The molecule has 1 heterocycles. The zero-order valence-electron chi connectivity index (χ0n) is 12.1. The Morgan fingerprint density at radius 2 is 1.75 bits per heavy atom. The highest BCUT2D eigenvalue weighted by atomic mass is 16.5. The van der Waals surface area contributed by atoms with Crippen molar-refractivity contribution >= 4 is 17.3 Å². The van der Waals surface area contributed by atoms with Crippen LogP contribution in [0.1, 0.15) is 19.4 Å². The van der Waals surface area contributed by atoms with Gasteiger partial charge in [-0.1, -0.05) is 19.1 Å². The van der Waals surface area contributed by atoms with Crippen molar-refractivity contribution < 1.29 is 4.74 Å². The molecule has 5 nitrogen and oxygen atoms in total. The minimum atomic E-state index is 0.619. The monoisotopic (exact) mass is 272 g/mol. The Kier molecular flexibility index (Phi) is 4.76. The zero-order chi connectivity index (χ0) is 14.4. The number of rotatable bonds is 6. The third-order valence-corrected chi connectivity index (χ3v) is 2.98. The van der Waals surface area contributed by atoms with E-state index in [1.807, 2.05) is 19.1 Å². The Morgan fingerprint density at radius 1 is 1.05 bits per heavy atom. The van der Waals surface area contributed by atoms with E-state index in [9.17, 15) is 0 Å². The SMILES string of the molecule is CCNc1ncnc(Nc2ccc(CC)cc2)c1OC. The summed E-state index contributed by atoms with van der Waals surface area (Å²) in [5.74, 6) is 1.97. The van der Waals surface area contributed by atoms with E-state index in [4.69, 9.17) is 4.74 Å². The van der Waals surface area contributed by atoms with Crippen molar-refractivity contribution in [3.63, 3.8) is 0 Å². The van der Waals surface area contributed by atoms with Crippen molar-refractivity contribution in [2.75, 3.05) is 24.3 Å². The fourth-order valence-electron chi connectivity index (χ4n) is 1.91. The van der Waals surface area contributed by atoms with E-state index in [2.05, 4.69) is 39.7 Å². The smallest absolute Gasteiger partial charge is 0.204 e. The van der Waals surface area contributed by atoms with Gasteiger partial charge in [0.1, 0.15) is 6.33 Å². The van der Waals surface area contributed by atoms with Gasteiger partial charge in [0.25, 0.3) is 0 Å². The Morgan fingerprint density at radius 3 is 2.35 bits per heavy atom. The lowest BCUT2D eigenvalue weighted by Gasteiger charge is -2.13. The lowest BCUT2D eigenvalue weighted by molar-refractivity contribution is 0.415. The van der Waals surface area contributed by atoms with Crippen LogP contribution in [0.3, 0.4) is 0 Å². The maximum Gasteiger partial charge on any atom is 0.204 e. The second-order valence-electron chi connectivity index (χ2n) is 4.31. The highest BCUT2D eigenvalue weighted by Crippen LogP contribution is 2.31. The lowest BCUT2D eigenvalue weighted by atomic mass is 10.1. The van der Waals surface area contributed by atoms with Crippen LogP contribution in [-0.4, -0.2) is 23.6 Å². The summed E-state index contributed by atoms with van der Waals surface area (Å²) in [5, 5.41) is 6.41. The van der Waals surface area contributed by atoms with Crippen LogP contribution in [0.15, 0.2) is 30.6 Å². The zero-order valence-corrected chi connectivity index (χ0v) is 12.1. The van der Waals surface area contributed by atoms with Gasteiger partial charge in [0, 0.05) is 12.2 Å². The Labute approximate surface area is 119 Å². The summed E-state index contributed by atoms with van der Waals surface area (Å²) >= 11 is 0. The van der Waals surface area contributed by atoms with Crippen LogP contribution in [0, 0.1) is 0 Å². The standard InChI is InChI=1S/C15H20N4O/c1-4-11-6-8-12(9-7-11)19-15-13(20-3)14(16-5-2)17-10-18-15/h6-10H,4-5H2,1-3H3,(H2,16,17,18,19). The van der Waals surface area contributed by atoms with Crippen molar-refractivity contribution in [2.24, 2.45) is 0 Å². The van der Waals surface area contributed by atoms with Crippen molar-refractivity contribution in [1.82, 2.24) is 9.97 Å². The average molecular weight is 272 g/mol. The number of anilines is 3. The van der Waals surface area contributed by atoms with E-state index in [-0.39, 0.29) is 0 Å². The first-order valence-corrected chi connectivity index (χ1v) is 6.77. The average Bonchev–Trinajstić information content (AvgIpc) is 2.49. The summed E-state index contributed by atoms with van der Waals surface area (Å²) < 4.78 is 5.40. The third kappa shape index (κ3) is 3.17. The maximum atomic E-state index is 5.40. The molecule has 0 unspecified atom stereocenters. The molecule has 0 radical (unpaired) electrons.